The van der Waals surface area contributed by atoms with Crippen LogP contribution in [0.2, 0.25) is 0 Å². The van der Waals surface area contributed by atoms with Gasteiger partial charge in [-0.2, -0.15) is 0 Å². The Morgan fingerprint density at radius 1 is 1.18 bits per heavy atom. The molecule has 146 valence electrons. The summed E-state index contributed by atoms with van der Waals surface area (Å²) in [5.41, 5.74) is 2.84. The van der Waals surface area contributed by atoms with Gasteiger partial charge in [-0.05, 0) is 55.2 Å². The number of imidazole rings is 1. The van der Waals surface area contributed by atoms with Crippen molar-refractivity contribution in [2.24, 2.45) is 5.92 Å². The van der Waals surface area contributed by atoms with E-state index < -0.39 is 0 Å². The molecule has 28 heavy (non-hydrogen) atoms. The number of likely N-dealkylation sites (tertiary alicyclic amines) is 1. The molecule has 5 nitrogen and oxygen atoms in total. The maximum absolute atomic E-state index is 13.2. The number of hydrogen-bond donors (Lipinski definition) is 0. The summed E-state index contributed by atoms with van der Waals surface area (Å²) < 4.78 is 7.52. The number of methoxy groups -OCH3 is 1. The normalized spacial score (nSPS) is 16.9. The number of fused-ring (bicyclic) bond motifs is 1. The molecule has 1 aliphatic rings. The van der Waals surface area contributed by atoms with E-state index in [0.29, 0.717) is 11.5 Å². The Bertz CT molecular complexity index is 975. The molecule has 5 heteroatoms. The van der Waals surface area contributed by atoms with Crippen LogP contribution in [0.3, 0.4) is 0 Å². The maximum Gasteiger partial charge on any atom is 0.254 e. The highest BCUT2D eigenvalue weighted by Crippen LogP contribution is 2.35. The highest BCUT2D eigenvalue weighted by molar-refractivity contribution is 5.94. The van der Waals surface area contributed by atoms with Crippen molar-refractivity contribution in [2.75, 3.05) is 13.7 Å². The van der Waals surface area contributed by atoms with E-state index in [4.69, 9.17) is 9.72 Å². The lowest BCUT2D eigenvalue weighted by Crippen LogP contribution is -2.32. The zero-order valence-corrected chi connectivity index (χ0v) is 16.8. The van der Waals surface area contributed by atoms with E-state index in [-0.39, 0.29) is 11.9 Å². The molecular formula is C23H27N3O2. The van der Waals surface area contributed by atoms with Gasteiger partial charge in [0.15, 0.2) is 0 Å². The van der Waals surface area contributed by atoms with Crippen LogP contribution in [0.5, 0.6) is 5.75 Å². The van der Waals surface area contributed by atoms with E-state index in [1.165, 1.54) is 0 Å². The first-order valence-corrected chi connectivity index (χ1v) is 9.98. The fourth-order valence-corrected chi connectivity index (χ4v) is 4.08. The van der Waals surface area contributed by atoms with E-state index in [9.17, 15) is 4.79 Å². The number of carbonyl (C=O) groups is 1. The number of rotatable bonds is 5. The van der Waals surface area contributed by atoms with Gasteiger partial charge in [0.1, 0.15) is 11.6 Å². The molecule has 3 aromatic rings. The molecule has 1 aliphatic heterocycles. The molecular weight excluding hydrogens is 350 g/mol. The van der Waals surface area contributed by atoms with E-state index in [0.717, 1.165) is 48.5 Å². The van der Waals surface area contributed by atoms with Crippen LogP contribution in [0.15, 0.2) is 48.5 Å². The molecule has 0 radical (unpaired) electrons. The molecule has 1 saturated heterocycles. The summed E-state index contributed by atoms with van der Waals surface area (Å²) in [5, 5.41) is 0. The maximum atomic E-state index is 13.2. The van der Waals surface area contributed by atoms with Gasteiger partial charge < -0.3 is 14.2 Å². The number of amides is 1. The lowest BCUT2D eigenvalue weighted by molar-refractivity contribution is 0.0727. The minimum atomic E-state index is 0.0146. The third-order valence-electron chi connectivity index (χ3n) is 5.38. The summed E-state index contributed by atoms with van der Waals surface area (Å²) in [4.78, 5) is 20.2. The van der Waals surface area contributed by atoms with E-state index >= 15 is 0 Å². The van der Waals surface area contributed by atoms with Gasteiger partial charge in [-0.1, -0.05) is 26.0 Å². The second-order valence-electron chi connectivity index (χ2n) is 7.85. The molecule has 2 heterocycles. The van der Waals surface area contributed by atoms with Crippen molar-refractivity contribution in [1.29, 1.82) is 0 Å². The molecule has 0 saturated carbocycles. The van der Waals surface area contributed by atoms with Gasteiger partial charge in [-0.15, -0.1) is 0 Å². The van der Waals surface area contributed by atoms with Crippen LogP contribution in [-0.2, 0) is 6.54 Å². The number of aromatic nitrogens is 2. The summed E-state index contributed by atoms with van der Waals surface area (Å²) in [6.07, 6.45) is 1.95. The second kappa shape index (κ2) is 7.66. The number of para-hydroxylation sites is 2. The average Bonchev–Trinajstić information content (AvgIpc) is 3.32. The van der Waals surface area contributed by atoms with Crippen LogP contribution in [0.25, 0.3) is 11.0 Å². The fourth-order valence-electron chi connectivity index (χ4n) is 4.08. The molecule has 0 bridgehead atoms. The largest absolute Gasteiger partial charge is 0.497 e. The Labute approximate surface area is 165 Å². The van der Waals surface area contributed by atoms with Crippen molar-refractivity contribution in [1.82, 2.24) is 14.5 Å². The molecule has 1 amide bonds. The summed E-state index contributed by atoms with van der Waals surface area (Å²) in [6.45, 7) is 6.10. The van der Waals surface area contributed by atoms with Crippen LogP contribution in [0.4, 0.5) is 0 Å². The van der Waals surface area contributed by atoms with Gasteiger partial charge in [0.05, 0.1) is 24.2 Å². The Balaban J connectivity index is 1.70. The highest BCUT2D eigenvalue weighted by atomic mass is 16.5. The van der Waals surface area contributed by atoms with E-state index in [2.05, 4.69) is 36.6 Å². The number of hydrogen-bond acceptors (Lipinski definition) is 3. The molecule has 1 atom stereocenters. The SMILES string of the molecule is COc1ccc(C(=O)N2CCC[C@@H]2c2nc3ccccc3n2CC(C)C)cc1. The van der Waals surface area contributed by atoms with Gasteiger partial charge in [0.25, 0.3) is 5.91 Å². The van der Waals surface area contributed by atoms with Crippen molar-refractivity contribution in [3.05, 3.63) is 59.9 Å². The van der Waals surface area contributed by atoms with Crippen molar-refractivity contribution in [2.45, 2.75) is 39.3 Å². The summed E-state index contributed by atoms with van der Waals surface area (Å²) in [5.74, 6) is 2.33. The minimum Gasteiger partial charge on any atom is -0.497 e. The van der Waals surface area contributed by atoms with Crippen LogP contribution < -0.4 is 4.74 Å². The van der Waals surface area contributed by atoms with Crippen molar-refractivity contribution < 1.29 is 9.53 Å². The summed E-state index contributed by atoms with van der Waals surface area (Å²) in [7, 11) is 1.63. The van der Waals surface area contributed by atoms with Gasteiger partial charge in [-0.25, -0.2) is 4.98 Å². The van der Waals surface area contributed by atoms with Gasteiger partial charge in [0.2, 0.25) is 0 Å². The Kier molecular flexibility index (Phi) is 5.07. The number of ether oxygens (including phenoxy) is 1. The average molecular weight is 377 g/mol. The number of carbonyl (C=O) groups excluding carboxylic acids is 1. The van der Waals surface area contributed by atoms with Gasteiger partial charge >= 0.3 is 0 Å². The van der Waals surface area contributed by atoms with Gasteiger partial charge in [0, 0.05) is 18.7 Å². The Hall–Kier alpha value is -2.82. The topological polar surface area (TPSA) is 47.4 Å². The molecule has 4 rings (SSSR count). The summed E-state index contributed by atoms with van der Waals surface area (Å²) >= 11 is 0. The third kappa shape index (κ3) is 3.37. The Morgan fingerprint density at radius 2 is 1.93 bits per heavy atom. The molecule has 0 N–H and O–H groups in total. The zero-order valence-electron chi connectivity index (χ0n) is 16.8. The van der Waals surface area contributed by atoms with Crippen LogP contribution in [0.1, 0.15) is 48.9 Å². The number of benzene rings is 2. The van der Waals surface area contributed by atoms with Crippen LogP contribution in [0, 0.1) is 5.92 Å². The van der Waals surface area contributed by atoms with Gasteiger partial charge in [-0.3, -0.25) is 4.79 Å². The molecule has 0 unspecified atom stereocenters. The molecule has 0 aliphatic carbocycles. The standard InChI is InChI=1S/C23H27N3O2/c1-16(2)15-26-20-8-5-4-7-19(20)24-22(26)21-9-6-14-25(21)23(27)17-10-12-18(28-3)13-11-17/h4-5,7-8,10-13,16,21H,6,9,14-15H2,1-3H3/t21-/m1/s1. The monoisotopic (exact) mass is 377 g/mol. The van der Waals surface area contributed by atoms with Crippen molar-refractivity contribution in [3.63, 3.8) is 0 Å². The fraction of sp³-hybridized carbons (Fsp3) is 0.391. The first kappa shape index (κ1) is 18.5. The first-order chi connectivity index (χ1) is 13.6. The minimum absolute atomic E-state index is 0.0146. The quantitative estimate of drug-likeness (QED) is 0.649. The predicted octanol–water partition coefficient (Wildman–Crippen LogP) is 4.68. The molecule has 0 spiro atoms. The van der Waals surface area contributed by atoms with E-state index in [1.54, 1.807) is 7.11 Å². The number of nitrogens with zero attached hydrogens (tertiary/aromatic N) is 3. The molecule has 2 aromatic carbocycles. The zero-order chi connectivity index (χ0) is 19.7. The highest BCUT2D eigenvalue weighted by Gasteiger charge is 2.34. The molecule has 1 aromatic heterocycles. The van der Waals surface area contributed by atoms with Crippen molar-refractivity contribution >= 4 is 16.9 Å². The summed E-state index contributed by atoms with van der Waals surface area (Å²) in [6, 6.07) is 15.6. The molecule has 1 fully saturated rings. The lowest BCUT2D eigenvalue weighted by Gasteiger charge is -2.26. The van der Waals surface area contributed by atoms with Crippen LogP contribution in [-0.4, -0.2) is 34.0 Å². The van der Waals surface area contributed by atoms with Crippen molar-refractivity contribution in [3.8, 4) is 5.75 Å². The van der Waals surface area contributed by atoms with Crippen LogP contribution >= 0.6 is 0 Å². The van der Waals surface area contributed by atoms with E-state index in [1.807, 2.05) is 35.2 Å². The Morgan fingerprint density at radius 3 is 2.64 bits per heavy atom. The first-order valence-electron chi connectivity index (χ1n) is 9.98. The smallest absolute Gasteiger partial charge is 0.254 e. The third-order valence-corrected chi connectivity index (χ3v) is 5.38. The second-order valence-corrected chi connectivity index (χ2v) is 7.85. The lowest BCUT2D eigenvalue weighted by atomic mass is 10.1. The predicted molar refractivity (Wildman–Crippen MR) is 111 cm³/mol.